The van der Waals surface area contributed by atoms with Crippen LogP contribution in [-0.2, 0) is 4.79 Å². The fourth-order valence-corrected chi connectivity index (χ4v) is 2.23. The summed E-state index contributed by atoms with van der Waals surface area (Å²) in [6, 6.07) is 13.8. The molecule has 2 N–H and O–H groups in total. The number of aliphatic carboxylic acids is 1. The zero-order valence-electron chi connectivity index (χ0n) is 14.9. The van der Waals surface area contributed by atoms with Crippen molar-refractivity contribution < 1.29 is 24.2 Å². The van der Waals surface area contributed by atoms with E-state index in [1.807, 2.05) is 12.1 Å². The second-order valence-electron chi connectivity index (χ2n) is 5.83. The molecular formula is C19H22N2O5. The summed E-state index contributed by atoms with van der Waals surface area (Å²) < 4.78 is 11.0. The van der Waals surface area contributed by atoms with Crippen LogP contribution >= 0.6 is 0 Å². The molecule has 7 nitrogen and oxygen atoms in total. The van der Waals surface area contributed by atoms with E-state index in [0.29, 0.717) is 22.9 Å². The monoisotopic (exact) mass is 358 g/mol. The summed E-state index contributed by atoms with van der Waals surface area (Å²) in [5.74, 6) is 0.235. The molecule has 0 aromatic heterocycles. The normalized spacial score (nSPS) is 11.3. The zero-order chi connectivity index (χ0) is 19.1. The number of anilines is 1. The van der Waals surface area contributed by atoms with Crippen LogP contribution in [0.4, 0.5) is 10.5 Å². The topological polar surface area (TPSA) is 88.1 Å². The van der Waals surface area contributed by atoms with E-state index in [9.17, 15) is 9.59 Å². The van der Waals surface area contributed by atoms with Gasteiger partial charge < -0.3 is 24.8 Å². The molecule has 0 aliphatic heterocycles. The Kier molecular flexibility index (Phi) is 6.43. The van der Waals surface area contributed by atoms with Crippen LogP contribution in [0.1, 0.15) is 6.92 Å². The highest BCUT2D eigenvalue weighted by atomic mass is 16.5. The maximum Gasteiger partial charge on any atom is 0.321 e. The molecule has 0 saturated heterocycles. The van der Waals surface area contributed by atoms with Gasteiger partial charge in [-0.05, 0) is 36.4 Å². The first kappa shape index (κ1) is 19.1. The van der Waals surface area contributed by atoms with Gasteiger partial charge in [-0.15, -0.1) is 0 Å². The van der Waals surface area contributed by atoms with Crippen molar-refractivity contribution in [1.82, 2.24) is 4.90 Å². The number of urea groups is 1. The quantitative estimate of drug-likeness (QED) is 0.788. The number of carbonyl (C=O) groups is 2. The van der Waals surface area contributed by atoms with Gasteiger partial charge in [0.15, 0.2) is 11.5 Å². The fraction of sp³-hybridized carbons (Fsp3) is 0.263. The van der Waals surface area contributed by atoms with Gasteiger partial charge in [-0.3, -0.25) is 4.79 Å². The Bertz CT molecular complexity index is 761. The Morgan fingerprint density at radius 1 is 1.12 bits per heavy atom. The summed E-state index contributed by atoms with van der Waals surface area (Å²) in [4.78, 5) is 24.3. The number of hydrogen-bond acceptors (Lipinski definition) is 4. The molecule has 0 aliphatic rings. The number of amides is 2. The second kappa shape index (κ2) is 8.75. The van der Waals surface area contributed by atoms with Crippen LogP contribution in [-0.4, -0.2) is 42.7 Å². The van der Waals surface area contributed by atoms with Crippen molar-refractivity contribution in [3.05, 3.63) is 48.5 Å². The van der Waals surface area contributed by atoms with Crippen LogP contribution in [0.3, 0.4) is 0 Å². The average Bonchev–Trinajstić information content (AvgIpc) is 2.63. The van der Waals surface area contributed by atoms with Crippen molar-refractivity contribution >= 4 is 17.7 Å². The number of carbonyl (C=O) groups excluding carboxylic acids is 1. The number of nitrogens with one attached hydrogen (secondary N) is 1. The van der Waals surface area contributed by atoms with Gasteiger partial charge in [0, 0.05) is 19.3 Å². The lowest BCUT2D eigenvalue weighted by atomic mass is 10.2. The molecule has 26 heavy (non-hydrogen) atoms. The number of rotatable bonds is 7. The zero-order valence-corrected chi connectivity index (χ0v) is 14.9. The second-order valence-corrected chi connectivity index (χ2v) is 5.83. The van der Waals surface area contributed by atoms with Crippen LogP contribution in [0.5, 0.6) is 17.2 Å². The summed E-state index contributed by atoms with van der Waals surface area (Å²) >= 11 is 0. The number of nitrogens with zero attached hydrogens (tertiary/aromatic N) is 1. The van der Waals surface area contributed by atoms with E-state index in [-0.39, 0.29) is 12.6 Å². The smallest absolute Gasteiger partial charge is 0.321 e. The Balaban J connectivity index is 1.96. The highest BCUT2D eigenvalue weighted by Gasteiger charge is 2.17. The summed E-state index contributed by atoms with van der Waals surface area (Å²) in [5.41, 5.74) is 0.581. The predicted octanol–water partition coefficient (Wildman–Crippen LogP) is 3.67. The van der Waals surface area contributed by atoms with Crippen molar-refractivity contribution in [2.24, 2.45) is 5.92 Å². The van der Waals surface area contributed by atoms with Crippen LogP contribution < -0.4 is 14.8 Å². The number of ether oxygens (including phenoxy) is 2. The van der Waals surface area contributed by atoms with Crippen LogP contribution in [0.25, 0.3) is 0 Å². The van der Waals surface area contributed by atoms with Gasteiger partial charge in [0.2, 0.25) is 0 Å². The molecule has 0 heterocycles. The molecule has 1 unspecified atom stereocenters. The van der Waals surface area contributed by atoms with Crippen LogP contribution in [0.15, 0.2) is 48.5 Å². The number of methoxy groups -OCH3 is 1. The molecule has 0 bridgehead atoms. The molecule has 0 radical (unpaired) electrons. The molecule has 0 aliphatic carbocycles. The molecule has 0 saturated carbocycles. The lowest BCUT2D eigenvalue weighted by Gasteiger charge is -2.20. The summed E-state index contributed by atoms with van der Waals surface area (Å²) in [6.45, 7) is 1.67. The van der Waals surface area contributed by atoms with Gasteiger partial charge >= 0.3 is 12.0 Å². The third kappa shape index (κ3) is 5.14. The van der Waals surface area contributed by atoms with Gasteiger partial charge in [0.05, 0.1) is 13.0 Å². The number of para-hydroxylation sites is 2. The summed E-state index contributed by atoms with van der Waals surface area (Å²) in [6.07, 6.45) is 0. The van der Waals surface area contributed by atoms with Gasteiger partial charge in [-0.2, -0.15) is 0 Å². The number of hydrogen-bond donors (Lipinski definition) is 2. The van der Waals surface area contributed by atoms with E-state index in [0.717, 1.165) is 0 Å². The van der Waals surface area contributed by atoms with E-state index >= 15 is 0 Å². The lowest BCUT2D eigenvalue weighted by Crippen LogP contribution is -2.36. The maximum absolute atomic E-state index is 12.1. The molecule has 7 heteroatoms. The van der Waals surface area contributed by atoms with Crippen LogP contribution in [0, 0.1) is 5.92 Å². The first-order valence-corrected chi connectivity index (χ1v) is 8.06. The molecular weight excluding hydrogens is 336 g/mol. The molecule has 1 atom stereocenters. The highest BCUT2D eigenvalue weighted by molar-refractivity contribution is 5.89. The average molecular weight is 358 g/mol. The van der Waals surface area contributed by atoms with Gasteiger partial charge in [-0.1, -0.05) is 19.1 Å². The minimum absolute atomic E-state index is 0.121. The molecule has 2 aromatic rings. The van der Waals surface area contributed by atoms with Crippen molar-refractivity contribution in [1.29, 1.82) is 0 Å². The predicted molar refractivity (Wildman–Crippen MR) is 98.0 cm³/mol. The minimum atomic E-state index is -0.942. The van der Waals surface area contributed by atoms with Gasteiger partial charge in [0.1, 0.15) is 5.75 Å². The summed E-state index contributed by atoms with van der Waals surface area (Å²) in [7, 11) is 3.12. The SMILES string of the molecule is COc1ccccc1Oc1ccc(NC(=O)N(C)CC(C)C(=O)O)cc1. The number of carboxylic acids is 1. The largest absolute Gasteiger partial charge is 0.493 e. The minimum Gasteiger partial charge on any atom is -0.493 e. The van der Waals surface area contributed by atoms with E-state index in [2.05, 4.69) is 5.32 Å². The van der Waals surface area contributed by atoms with E-state index < -0.39 is 11.9 Å². The Labute approximate surface area is 152 Å². The van der Waals surface area contributed by atoms with Crippen molar-refractivity contribution in [3.63, 3.8) is 0 Å². The fourth-order valence-electron chi connectivity index (χ4n) is 2.23. The Morgan fingerprint density at radius 2 is 1.73 bits per heavy atom. The molecule has 138 valence electrons. The van der Waals surface area contributed by atoms with Crippen molar-refractivity contribution in [2.75, 3.05) is 26.0 Å². The first-order valence-electron chi connectivity index (χ1n) is 8.06. The molecule has 2 aromatic carbocycles. The molecule has 2 rings (SSSR count). The Morgan fingerprint density at radius 3 is 2.31 bits per heavy atom. The summed E-state index contributed by atoms with van der Waals surface area (Å²) in [5, 5.41) is 11.6. The molecule has 0 spiro atoms. The molecule has 0 fully saturated rings. The Hall–Kier alpha value is -3.22. The standard InChI is InChI=1S/C19H22N2O5/c1-13(18(22)23)12-21(2)19(24)20-14-8-10-15(11-9-14)26-17-7-5-4-6-16(17)25-3/h4-11,13H,12H2,1-3H3,(H,20,24)(H,22,23). The van der Waals surface area contributed by atoms with E-state index in [1.165, 1.54) is 4.90 Å². The molecule has 2 amide bonds. The van der Waals surface area contributed by atoms with Crippen molar-refractivity contribution in [3.8, 4) is 17.2 Å². The highest BCUT2D eigenvalue weighted by Crippen LogP contribution is 2.31. The third-order valence-corrected chi connectivity index (χ3v) is 3.72. The van der Waals surface area contributed by atoms with Crippen LogP contribution in [0.2, 0.25) is 0 Å². The maximum atomic E-state index is 12.1. The third-order valence-electron chi connectivity index (χ3n) is 3.72. The van der Waals surface area contributed by atoms with E-state index in [1.54, 1.807) is 57.5 Å². The van der Waals surface area contributed by atoms with Gasteiger partial charge in [0.25, 0.3) is 0 Å². The number of carboxylic acid groups (broad SMARTS) is 1. The van der Waals surface area contributed by atoms with Gasteiger partial charge in [-0.25, -0.2) is 4.79 Å². The number of benzene rings is 2. The van der Waals surface area contributed by atoms with E-state index in [4.69, 9.17) is 14.6 Å². The first-order chi connectivity index (χ1) is 12.4. The lowest BCUT2D eigenvalue weighted by molar-refractivity contribution is -0.141. The van der Waals surface area contributed by atoms with Crippen molar-refractivity contribution in [2.45, 2.75) is 6.92 Å².